The van der Waals surface area contributed by atoms with Crippen LogP contribution in [0.4, 0.5) is 0 Å². The summed E-state index contributed by atoms with van der Waals surface area (Å²) < 4.78 is 0. The van der Waals surface area contributed by atoms with E-state index in [1.807, 2.05) is 13.8 Å². The molecule has 20 heavy (non-hydrogen) atoms. The van der Waals surface area contributed by atoms with Gasteiger partial charge in [0.1, 0.15) is 0 Å². The average Bonchev–Trinajstić information content (AvgIpc) is 2.36. The summed E-state index contributed by atoms with van der Waals surface area (Å²) in [4.78, 5) is 26.8. The van der Waals surface area contributed by atoms with E-state index in [1.165, 1.54) is 0 Å². The lowest BCUT2D eigenvalue weighted by molar-refractivity contribution is -0.139. The van der Waals surface area contributed by atoms with Crippen molar-refractivity contribution in [3.63, 3.8) is 0 Å². The number of hydrogen-bond acceptors (Lipinski definition) is 4. The lowest BCUT2D eigenvalue weighted by atomic mass is 10.1. The molecule has 3 N–H and O–H groups in total. The zero-order chi connectivity index (χ0) is 15.1. The predicted octanol–water partition coefficient (Wildman–Crippen LogP) is 0.511. The largest absolute Gasteiger partial charge is 0.481 e. The lowest BCUT2D eigenvalue weighted by Crippen LogP contribution is -2.47. The van der Waals surface area contributed by atoms with Crippen LogP contribution in [0.3, 0.4) is 0 Å². The van der Waals surface area contributed by atoms with Gasteiger partial charge in [0.05, 0.1) is 6.54 Å². The van der Waals surface area contributed by atoms with Crippen LogP contribution in [0, 0.1) is 0 Å². The van der Waals surface area contributed by atoms with E-state index in [4.69, 9.17) is 10.8 Å². The molecule has 1 amide bonds. The summed E-state index contributed by atoms with van der Waals surface area (Å²) >= 11 is 0. The molecule has 0 aromatic carbocycles. The molecule has 0 saturated carbocycles. The van der Waals surface area contributed by atoms with E-state index < -0.39 is 5.97 Å². The first-order valence-corrected chi connectivity index (χ1v) is 7.39. The van der Waals surface area contributed by atoms with Gasteiger partial charge >= 0.3 is 5.97 Å². The standard InChI is InChI=1S/C14H27N3O3/c1-11(2)17(7-3-4-14(19)20)13(18)10-16-8-5-12(15)6-9-16/h11-12H,3-10,15H2,1-2H3,(H,19,20). The number of piperidine rings is 1. The summed E-state index contributed by atoms with van der Waals surface area (Å²) in [5.41, 5.74) is 5.85. The molecule has 1 aliphatic heterocycles. The molecule has 0 aromatic heterocycles. The summed E-state index contributed by atoms with van der Waals surface area (Å²) in [5, 5.41) is 8.67. The van der Waals surface area contributed by atoms with Crippen molar-refractivity contribution in [2.45, 2.75) is 51.6 Å². The van der Waals surface area contributed by atoms with Crippen molar-refractivity contribution in [2.24, 2.45) is 5.73 Å². The van der Waals surface area contributed by atoms with Gasteiger partial charge < -0.3 is 15.7 Å². The van der Waals surface area contributed by atoms with E-state index in [9.17, 15) is 9.59 Å². The average molecular weight is 285 g/mol. The molecular formula is C14H27N3O3. The fourth-order valence-electron chi connectivity index (χ4n) is 2.46. The number of carbonyl (C=O) groups excluding carboxylic acids is 1. The van der Waals surface area contributed by atoms with E-state index in [-0.39, 0.29) is 24.4 Å². The molecule has 0 atom stereocenters. The first kappa shape index (κ1) is 16.9. The number of likely N-dealkylation sites (tertiary alicyclic amines) is 1. The molecule has 0 radical (unpaired) electrons. The number of hydrogen-bond donors (Lipinski definition) is 2. The minimum atomic E-state index is -0.814. The third kappa shape index (κ3) is 5.88. The molecule has 1 fully saturated rings. The smallest absolute Gasteiger partial charge is 0.303 e. The predicted molar refractivity (Wildman–Crippen MR) is 77.4 cm³/mol. The molecule has 1 heterocycles. The summed E-state index contributed by atoms with van der Waals surface area (Å²) in [7, 11) is 0. The molecule has 0 unspecified atom stereocenters. The lowest BCUT2D eigenvalue weighted by Gasteiger charge is -2.33. The molecular weight excluding hydrogens is 258 g/mol. The van der Waals surface area contributed by atoms with Gasteiger partial charge in [-0.15, -0.1) is 0 Å². The molecule has 1 aliphatic rings. The minimum Gasteiger partial charge on any atom is -0.481 e. The van der Waals surface area contributed by atoms with Crippen LogP contribution in [0.1, 0.15) is 39.5 Å². The Morgan fingerprint density at radius 1 is 1.35 bits per heavy atom. The summed E-state index contributed by atoms with van der Waals surface area (Å²) in [6, 6.07) is 0.362. The van der Waals surface area contributed by atoms with E-state index in [0.29, 0.717) is 19.5 Å². The molecule has 0 bridgehead atoms. The number of nitrogens with two attached hydrogens (primary N) is 1. The Balaban J connectivity index is 2.41. The van der Waals surface area contributed by atoms with Crippen LogP contribution in [0.15, 0.2) is 0 Å². The molecule has 0 aromatic rings. The normalized spacial score (nSPS) is 17.4. The summed E-state index contributed by atoms with van der Waals surface area (Å²) in [6.45, 7) is 6.59. The van der Waals surface area contributed by atoms with Crippen LogP contribution < -0.4 is 5.73 Å². The molecule has 0 spiro atoms. The quantitative estimate of drug-likeness (QED) is 0.712. The number of aliphatic carboxylic acids is 1. The Hall–Kier alpha value is -1.14. The van der Waals surface area contributed by atoms with E-state index in [0.717, 1.165) is 25.9 Å². The minimum absolute atomic E-state index is 0.0841. The van der Waals surface area contributed by atoms with Gasteiger partial charge in [-0.25, -0.2) is 0 Å². The molecule has 1 rings (SSSR count). The number of amides is 1. The topological polar surface area (TPSA) is 86.9 Å². The van der Waals surface area contributed by atoms with Crippen molar-refractivity contribution in [1.29, 1.82) is 0 Å². The molecule has 6 nitrogen and oxygen atoms in total. The van der Waals surface area contributed by atoms with Gasteiger partial charge in [0.2, 0.25) is 5.91 Å². The van der Waals surface area contributed by atoms with Gasteiger partial charge in [0.25, 0.3) is 0 Å². The van der Waals surface area contributed by atoms with E-state index in [1.54, 1.807) is 4.90 Å². The highest BCUT2D eigenvalue weighted by molar-refractivity contribution is 5.78. The second kappa shape index (κ2) is 8.21. The molecule has 1 saturated heterocycles. The maximum Gasteiger partial charge on any atom is 0.303 e. The molecule has 0 aliphatic carbocycles. The Morgan fingerprint density at radius 3 is 2.45 bits per heavy atom. The van der Waals surface area contributed by atoms with Crippen LogP contribution in [0.5, 0.6) is 0 Å². The number of nitrogens with zero attached hydrogens (tertiary/aromatic N) is 2. The van der Waals surface area contributed by atoms with Crippen LogP contribution >= 0.6 is 0 Å². The van der Waals surface area contributed by atoms with Crippen LogP contribution in [0.25, 0.3) is 0 Å². The first-order chi connectivity index (χ1) is 9.40. The number of rotatable bonds is 7. The van der Waals surface area contributed by atoms with Gasteiger partial charge in [0, 0.05) is 38.1 Å². The Kier molecular flexibility index (Phi) is 6.95. The van der Waals surface area contributed by atoms with Crippen molar-refractivity contribution in [3.05, 3.63) is 0 Å². The van der Waals surface area contributed by atoms with E-state index in [2.05, 4.69) is 4.90 Å². The zero-order valence-corrected chi connectivity index (χ0v) is 12.5. The van der Waals surface area contributed by atoms with Crippen LogP contribution in [-0.4, -0.2) is 65.0 Å². The maximum absolute atomic E-state index is 12.3. The highest BCUT2D eigenvalue weighted by Gasteiger charge is 2.22. The van der Waals surface area contributed by atoms with Crippen LogP contribution in [0.2, 0.25) is 0 Å². The fraction of sp³-hybridized carbons (Fsp3) is 0.857. The van der Waals surface area contributed by atoms with Crippen LogP contribution in [-0.2, 0) is 9.59 Å². The maximum atomic E-state index is 12.3. The second-order valence-electron chi connectivity index (χ2n) is 5.79. The van der Waals surface area contributed by atoms with Gasteiger partial charge in [-0.05, 0) is 33.1 Å². The van der Waals surface area contributed by atoms with Crippen molar-refractivity contribution in [3.8, 4) is 0 Å². The summed E-state index contributed by atoms with van der Waals surface area (Å²) in [6.07, 6.45) is 2.49. The number of carboxylic acids is 1. The molecule has 6 heteroatoms. The first-order valence-electron chi connectivity index (χ1n) is 7.39. The van der Waals surface area contributed by atoms with E-state index >= 15 is 0 Å². The van der Waals surface area contributed by atoms with Gasteiger partial charge in [-0.3, -0.25) is 14.5 Å². The molecule has 116 valence electrons. The number of carboxylic acid groups (broad SMARTS) is 1. The highest BCUT2D eigenvalue weighted by Crippen LogP contribution is 2.10. The fourth-order valence-corrected chi connectivity index (χ4v) is 2.46. The zero-order valence-electron chi connectivity index (χ0n) is 12.5. The number of carbonyl (C=O) groups is 2. The van der Waals surface area contributed by atoms with Gasteiger partial charge in [-0.1, -0.05) is 0 Å². The summed E-state index contributed by atoms with van der Waals surface area (Å²) in [5.74, 6) is -0.730. The van der Waals surface area contributed by atoms with Crippen molar-refractivity contribution < 1.29 is 14.7 Å². The third-order valence-corrected chi connectivity index (χ3v) is 3.72. The van der Waals surface area contributed by atoms with Gasteiger partial charge in [0.15, 0.2) is 0 Å². The monoisotopic (exact) mass is 285 g/mol. The Morgan fingerprint density at radius 2 is 1.95 bits per heavy atom. The van der Waals surface area contributed by atoms with Crippen molar-refractivity contribution in [1.82, 2.24) is 9.80 Å². The van der Waals surface area contributed by atoms with Crippen molar-refractivity contribution >= 4 is 11.9 Å². The SMILES string of the molecule is CC(C)N(CCCC(=O)O)C(=O)CN1CCC(N)CC1. The van der Waals surface area contributed by atoms with Gasteiger partial charge in [-0.2, -0.15) is 0 Å². The van der Waals surface area contributed by atoms with Crippen molar-refractivity contribution in [2.75, 3.05) is 26.2 Å². The second-order valence-corrected chi connectivity index (χ2v) is 5.79. The highest BCUT2D eigenvalue weighted by atomic mass is 16.4. The Bertz CT molecular complexity index is 326. The Labute approximate surface area is 120 Å². The third-order valence-electron chi connectivity index (χ3n) is 3.72.